The van der Waals surface area contributed by atoms with Gasteiger partial charge in [-0.05, 0) is 18.2 Å². The first-order valence-electron chi connectivity index (χ1n) is 5.01. The Hall–Kier alpha value is -1.88. The Labute approximate surface area is 114 Å². The van der Waals surface area contributed by atoms with Crippen LogP contribution in [-0.2, 0) is 20.2 Å². The molecule has 0 radical (unpaired) electrons. The highest BCUT2D eigenvalue weighted by atomic mass is 32.2. The van der Waals surface area contributed by atoms with Crippen molar-refractivity contribution in [1.82, 2.24) is 0 Å². The molecule has 0 aromatic heterocycles. The summed E-state index contributed by atoms with van der Waals surface area (Å²) in [5.41, 5.74) is 5.40. The molecule has 2 rings (SSSR count). The maximum atomic E-state index is 11.3. The molecule has 0 unspecified atom stereocenters. The van der Waals surface area contributed by atoms with E-state index in [1.165, 1.54) is 6.07 Å². The normalized spacial score (nSPS) is 12.7. The minimum absolute atomic E-state index is 0.0555. The number of hydrogen-bond donors (Lipinski definition) is 4. The van der Waals surface area contributed by atoms with Gasteiger partial charge in [-0.2, -0.15) is 16.8 Å². The standard InChI is InChI=1S/C10H9NO7S2/c11-5-1-7-8(10(2-5)20(16,17)18)3-6(4-9(7)12)19(13,14)15/h1-4,12H,11H2,(H,13,14,15)(H,16,17,18). The Morgan fingerprint density at radius 1 is 0.850 bits per heavy atom. The number of hydrogen-bond acceptors (Lipinski definition) is 6. The lowest BCUT2D eigenvalue weighted by atomic mass is 10.1. The number of nitrogen functional groups attached to an aromatic ring is 1. The second-order valence-corrected chi connectivity index (χ2v) is 6.82. The van der Waals surface area contributed by atoms with E-state index in [4.69, 9.17) is 14.8 Å². The second kappa shape index (κ2) is 4.31. The van der Waals surface area contributed by atoms with Gasteiger partial charge in [-0.25, -0.2) is 0 Å². The van der Waals surface area contributed by atoms with Crippen LogP contribution in [0.5, 0.6) is 5.75 Å². The molecule has 108 valence electrons. The van der Waals surface area contributed by atoms with Crippen molar-refractivity contribution in [3.05, 3.63) is 24.3 Å². The molecule has 0 amide bonds. The van der Waals surface area contributed by atoms with Crippen LogP contribution in [0.15, 0.2) is 34.1 Å². The molecule has 0 heterocycles. The molecule has 0 aliphatic carbocycles. The summed E-state index contributed by atoms with van der Waals surface area (Å²) in [4.78, 5) is -1.38. The van der Waals surface area contributed by atoms with E-state index in [9.17, 15) is 21.9 Å². The molecular formula is C10H9NO7S2. The highest BCUT2D eigenvalue weighted by molar-refractivity contribution is 7.86. The number of rotatable bonds is 2. The van der Waals surface area contributed by atoms with Crippen molar-refractivity contribution in [3.63, 3.8) is 0 Å². The fourth-order valence-electron chi connectivity index (χ4n) is 1.77. The van der Waals surface area contributed by atoms with Crippen molar-refractivity contribution >= 4 is 36.7 Å². The molecule has 0 saturated heterocycles. The average Bonchev–Trinajstić information content (AvgIpc) is 2.26. The summed E-state index contributed by atoms with van der Waals surface area (Å²) in [5.74, 6) is -0.604. The summed E-state index contributed by atoms with van der Waals surface area (Å²) in [6.45, 7) is 0. The van der Waals surface area contributed by atoms with Gasteiger partial charge in [-0.1, -0.05) is 0 Å². The summed E-state index contributed by atoms with van der Waals surface area (Å²) in [6.07, 6.45) is 0. The lowest BCUT2D eigenvalue weighted by molar-refractivity contribution is 0.470. The third kappa shape index (κ3) is 2.54. The van der Waals surface area contributed by atoms with Crippen LogP contribution < -0.4 is 5.73 Å². The second-order valence-electron chi connectivity index (χ2n) is 4.01. The minimum atomic E-state index is -4.70. The Balaban J connectivity index is 3.06. The summed E-state index contributed by atoms with van der Waals surface area (Å²) in [7, 11) is -9.36. The topological polar surface area (TPSA) is 155 Å². The number of phenolic OH excluding ortho intramolecular Hbond substituents is 1. The lowest BCUT2D eigenvalue weighted by Crippen LogP contribution is -2.03. The van der Waals surface area contributed by atoms with E-state index < -0.39 is 35.8 Å². The van der Waals surface area contributed by atoms with Crippen LogP contribution in [0.2, 0.25) is 0 Å². The highest BCUT2D eigenvalue weighted by Crippen LogP contribution is 2.34. The van der Waals surface area contributed by atoms with E-state index in [1.807, 2.05) is 0 Å². The number of aromatic hydroxyl groups is 1. The lowest BCUT2D eigenvalue weighted by Gasteiger charge is -2.09. The van der Waals surface area contributed by atoms with Crippen LogP contribution in [0, 0.1) is 0 Å². The van der Waals surface area contributed by atoms with Gasteiger partial charge in [0.1, 0.15) is 10.6 Å². The zero-order valence-electron chi connectivity index (χ0n) is 9.68. The number of benzene rings is 2. The highest BCUT2D eigenvalue weighted by Gasteiger charge is 2.20. The first kappa shape index (κ1) is 14.5. The number of phenols is 1. The monoisotopic (exact) mass is 319 g/mol. The van der Waals surface area contributed by atoms with Gasteiger partial charge < -0.3 is 10.8 Å². The Morgan fingerprint density at radius 3 is 1.95 bits per heavy atom. The molecule has 0 spiro atoms. The van der Waals surface area contributed by atoms with Gasteiger partial charge in [0.25, 0.3) is 20.2 Å². The maximum absolute atomic E-state index is 11.3. The van der Waals surface area contributed by atoms with Crippen LogP contribution in [0.4, 0.5) is 5.69 Å². The third-order valence-electron chi connectivity index (χ3n) is 2.58. The molecule has 20 heavy (non-hydrogen) atoms. The first-order chi connectivity index (χ1) is 9.00. The quantitative estimate of drug-likeness (QED) is 0.463. The van der Waals surface area contributed by atoms with E-state index in [0.717, 1.165) is 18.2 Å². The van der Waals surface area contributed by atoms with Crippen molar-refractivity contribution in [2.75, 3.05) is 5.73 Å². The van der Waals surface area contributed by atoms with Gasteiger partial charge in [0.2, 0.25) is 0 Å². The molecule has 8 nitrogen and oxygen atoms in total. The first-order valence-corrected chi connectivity index (χ1v) is 7.89. The van der Waals surface area contributed by atoms with E-state index in [2.05, 4.69) is 0 Å². The van der Waals surface area contributed by atoms with Crippen LogP contribution >= 0.6 is 0 Å². The molecule has 0 saturated carbocycles. The molecular weight excluding hydrogens is 310 g/mol. The molecule has 0 aliphatic heterocycles. The molecule has 0 atom stereocenters. The van der Waals surface area contributed by atoms with Crippen LogP contribution in [0.1, 0.15) is 0 Å². The minimum Gasteiger partial charge on any atom is -0.507 e. The Morgan fingerprint density at radius 2 is 1.45 bits per heavy atom. The van der Waals surface area contributed by atoms with Crippen LogP contribution in [0.3, 0.4) is 0 Å². The van der Waals surface area contributed by atoms with Crippen molar-refractivity contribution in [1.29, 1.82) is 0 Å². The molecule has 10 heteroatoms. The van der Waals surface area contributed by atoms with E-state index in [1.54, 1.807) is 0 Å². The molecule has 2 aromatic rings. The van der Waals surface area contributed by atoms with Gasteiger partial charge >= 0.3 is 0 Å². The third-order valence-corrected chi connectivity index (χ3v) is 4.31. The Kier molecular flexibility index (Phi) is 3.13. The van der Waals surface area contributed by atoms with E-state index in [0.29, 0.717) is 0 Å². The van der Waals surface area contributed by atoms with Gasteiger partial charge in [0, 0.05) is 22.5 Å². The van der Waals surface area contributed by atoms with Crippen molar-refractivity contribution in [2.45, 2.75) is 9.79 Å². The largest absolute Gasteiger partial charge is 0.507 e. The van der Waals surface area contributed by atoms with Gasteiger partial charge in [0.15, 0.2) is 0 Å². The molecule has 0 bridgehead atoms. The molecule has 2 aromatic carbocycles. The number of anilines is 1. The molecule has 0 aliphatic rings. The zero-order chi connectivity index (χ0) is 15.3. The number of nitrogens with two attached hydrogens (primary N) is 1. The summed E-state index contributed by atoms with van der Waals surface area (Å²) >= 11 is 0. The predicted octanol–water partition coefficient (Wildman–Crippen LogP) is 0.621. The molecule has 0 fully saturated rings. The van der Waals surface area contributed by atoms with Gasteiger partial charge in [-0.3, -0.25) is 9.11 Å². The summed E-state index contributed by atoms with van der Waals surface area (Å²) in [6, 6.07) is 3.66. The van der Waals surface area contributed by atoms with Crippen molar-refractivity contribution < 1.29 is 31.0 Å². The Bertz CT molecular complexity index is 916. The van der Waals surface area contributed by atoms with Gasteiger partial charge in [-0.15, -0.1) is 0 Å². The predicted molar refractivity (Wildman–Crippen MR) is 69.7 cm³/mol. The SMILES string of the molecule is Nc1cc(S(=O)(=O)O)c2cc(S(=O)(=O)O)cc(O)c2c1. The van der Waals surface area contributed by atoms with E-state index >= 15 is 0 Å². The van der Waals surface area contributed by atoms with E-state index in [-0.39, 0.29) is 16.5 Å². The maximum Gasteiger partial charge on any atom is 0.295 e. The zero-order valence-corrected chi connectivity index (χ0v) is 11.3. The van der Waals surface area contributed by atoms with Crippen LogP contribution in [0.25, 0.3) is 10.8 Å². The van der Waals surface area contributed by atoms with Crippen LogP contribution in [-0.4, -0.2) is 31.0 Å². The average molecular weight is 319 g/mol. The number of fused-ring (bicyclic) bond motifs is 1. The smallest absolute Gasteiger partial charge is 0.295 e. The fraction of sp³-hybridized carbons (Fsp3) is 0. The summed E-state index contributed by atoms with van der Waals surface area (Å²) < 4.78 is 62.7. The van der Waals surface area contributed by atoms with Gasteiger partial charge in [0.05, 0.1) is 4.90 Å². The fourth-order valence-corrected chi connectivity index (χ4v) is 3.03. The van der Waals surface area contributed by atoms with Crippen molar-refractivity contribution in [2.24, 2.45) is 0 Å². The summed E-state index contributed by atoms with van der Waals surface area (Å²) in [5, 5.41) is 9.36. The van der Waals surface area contributed by atoms with Crippen molar-refractivity contribution in [3.8, 4) is 5.75 Å². The molecule has 5 N–H and O–H groups in total.